The lowest BCUT2D eigenvalue weighted by atomic mass is 9.72. The summed E-state index contributed by atoms with van der Waals surface area (Å²) in [7, 11) is 0. The van der Waals surface area contributed by atoms with Gasteiger partial charge in [-0.1, -0.05) is 37.1 Å². The van der Waals surface area contributed by atoms with Gasteiger partial charge in [0.2, 0.25) is 5.91 Å². The highest BCUT2D eigenvalue weighted by molar-refractivity contribution is 6.33. The molecule has 2 fully saturated rings. The van der Waals surface area contributed by atoms with Gasteiger partial charge in [0.15, 0.2) is 0 Å². The van der Waals surface area contributed by atoms with Crippen molar-refractivity contribution in [2.75, 3.05) is 6.54 Å². The molecule has 0 radical (unpaired) electrons. The number of nitrogens with one attached hydrogen (secondary N) is 2. The fourth-order valence-corrected chi connectivity index (χ4v) is 4.25. The zero-order chi connectivity index (χ0) is 17.1. The molecule has 0 bridgehead atoms. The zero-order valence-electron chi connectivity index (χ0n) is 14.1. The Morgan fingerprint density at radius 2 is 2.08 bits per heavy atom. The van der Waals surface area contributed by atoms with Gasteiger partial charge < -0.3 is 10.6 Å². The molecule has 4 nitrogen and oxygen atoms in total. The van der Waals surface area contributed by atoms with Crippen LogP contribution >= 0.6 is 11.6 Å². The third-order valence-corrected chi connectivity index (χ3v) is 5.77. The summed E-state index contributed by atoms with van der Waals surface area (Å²) >= 11 is 6.03. The molecule has 1 aromatic carbocycles. The smallest absolute Gasteiger partial charge is 0.252 e. The number of rotatable bonds is 4. The van der Waals surface area contributed by atoms with E-state index in [4.69, 9.17) is 11.6 Å². The first-order valence-electron chi connectivity index (χ1n) is 8.87. The topological polar surface area (TPSA) is 58.2 Å². The summed E-state index contributed by atoms with van der Waals surface area (Å²) in [5.74, 6) is 1.28. The van der Waals surface area contributed by atoms with Crippen molar-refractivity contribution in [2.24, 2.45) is 17.8 Å². The van der Waals surface area contributed by atoms with Crippen LogP contribution in [0.25, 0.3) is 0 Å². The number of fused-ring (bicyclic) bond motifs is 1. The summed E-state index contributed by atoms with van der Waals surface area (Å²) in [5, 5.41) is 6.54. The quantitative estimate of drug-likeness (QED) is 0.876. The van der Waals surface area contributed by atoms with Crippen molar-refractivity contribution in [3.05, 3.63) is 34.9 Å². The first kappa shape index (κ1) is 17.3. The number of hydrogen-bond acceptors (Lipinski definition) is 2. The van der Waals surface area contributed by atoms with E-state index >= 15 is 0 Å². The molecule has 1 aliphatic carbocycles. The van der Waals surface area contributed by atoms with E-state index in [0.29, 0.717) is 41.4 Å². The molecule has 2 aliphatic rings. The number of carbonyl (C=O) groups excluding carboxylic acids is 2. The van der Waals surface area contributed by atoms with Gasteiger partial charge in [-0.15, -0.1) is 0 Å². The summed E-state index contributed by atoms with van der Waals surface area (Å²) in [6.07, 6.45) is 5.19. The van der Waals surface area contributed by atoms with Crippen molar-refractivity contribution in [2.45, 2.75) is 45.1 Å². The third kappa shape index (κ3) is 3.92. The summed E-state index contributed by atoms with van der Waals surface area (Å²) in [6, 6.07) is 7.36. The predicted molar refractivity (Wildman–Crippen MR) is 94.9 cm³/mol. The number of piperidine rings is 1. The van der Waals surface area contributed by atoms with E-state index < -0.39 is 0 Å². The molecule has 1 aliphatic heterocycles. The van der Waals surface area contributed by atoms with Crippen LogP contribution in [0.5, 0.6) is 0 Å². The van der Waals surface area contributed by atoms with E-state index in [0.717, 1.165) is 12.8 Å². The third-order valence-electron chi connectivity index (χ3n) is 5.44. The Bertz CT molecular complexity index is 619. The van der Waals surface area contributed by atoms with Gasteiger partial charge in [-0.3, -0.25) is 9.59 Å². The van der Waals surface area contributed by atoms with Crippen LogP contribution in [-0.2, 0) is 4.79 Å². The molecule has 4 atom stereocenters. The van der Waals surface area contributed by atoms with Gasteiger partial charge in [0.1, 0.15) is 0 Å². The largest absolute Gasteiger partial charge is 0.353 e. The fraction of sp³-hybridized carbons (Fsp3) is 0.579. The number of amides is 2. The molecular weight excluding hydrogens is 324 g/mol. The van der Waals surface area contributed by atoms with E-state index in [-0.39, 0.29) is 17.7 Å². The molecule has 130 valence electrons. The Morgan fingerprint density at radius 1 is 1.29 bits per heavy atom. The molecule has 2 amide bonds. The second kappa shape index (κ2) is 7.56. The Hall–Kier alpha value is -1.55. The lowest BCUT2D eigenvalue weighted by molar-refractivity contribution is -0.130. The number of carbonyl (C=O) groups is 2. The van der Waals surface area contributed by atoms with Crippen molar-refractivity contribution in [3.8, 4) is 0 Å². The minimum absolute atomic E-state index is 0.00574. The second-order valence-electron chi connectivity index (χ2n) is 7.25. The van der Waals surface area contributed by atoms with E-state index in [1.165, 1.54) is 12.8 Å². The molecule has 1 aromatic rings. The Labute approximate surface area is 148 Å². The lowest BCUT2D eigenvalue weighted by Gasteiger charge is -2.41. The average Bonchev–Trinajstić information content (AvgIpc) is 2.55. The summed E-state index contributed by atoms with van der Waals surface area (Å²) in [6.45, 7) is 2.76. The molecule has 1 saturated heterocycles. The van der Waals surface area contributed by atoms with Gasteiger partial charge in [-0.05, 0) is 49.7 Å². The highest BCUT2D eigenvalue weighted by Crippen LogP contribution is 2.36. The summed E-state index contributed by atoms with van der Waals surface area (Å²) in [4.78, 5) is 24.5. The fourth-order valence-electron chi connectivity index (χ4n) is 4.02. The molecular formula is C19H25ClN2O2. The standard InChI is InChI=1S/C19H25ClN2O2/c1-12-6-7-13-11-14(18(23)22-17(13)10-12)8-9-21-19(24)15-4-2-3-5-16(15)20/h2-5,12-14,17H,6-11H2,1H3,(H,21,24)(H,22,23). The first-order chi connectivity index (χ1) is 11.5. The predicted octanol–water partition coefficient (Wildman–Crippen LogP) is 3.40. The summed E-state index contributed by atoms with van der Waals surface area (Å²) < 4.78 is 0. The van der Waals surface area contributed by atoms with Crippen LogP contribution in [0.15, 0.2) is 24.3 Å². The maximum Gasteiger partial charge on any atom is 0.252 e. The van der Waals surface area contributed by atoms with Gasteiger partial charge in [0.25, 0.3) is 5.91 Å². The molecule has 24 heavy (non-hydrogen) atoms. The number of benzene rings is 1. The maximum absolute atomic E-state index is 12.3. The Kier molecular flexibility index (Phi) is 5.44. The van der Waals surface area contributed by atoms with Crippen LogP contribution < -0.4 is 10.6 Å². The maximum atomic E-state index is 12.3. The lowest BCUT2D eigenvalue weighted by Crippen LogP contribution is -2.52. The van der Waals surface area contributed by atoms with Gasteiger partial charge in [-0.25, -0.2) is 0 Å². The highest BCUT2D eigenvalue weighted by atomic mass is 35.5. The van der Waals surface area contributed by atoms with Crippen molar-refractivity contribution in [3.63, 3.8) is 0 Å². The Morgan fingerprint density at radius 3 is 2.88 bits per heavy atom. The summed E-state index contributed by atoms with van der Waals surface area (Å²) in [5.41, 5.74) is 0.480. The Balaban J connectivity index is 1.49. The molecule has 3 rings (SSSR count). The second-order valence-corrected chi connectivity index (χ2v) is 7.66. The number of halogens is 1. The van der Waals surface area contributed by atoms with Gasteiger partial charge in [-0.2, -0.15) is 0 Å². The van der Waals surface area contributed by atoms with Crippen molar-refractivity contribution < 1.29 is 9.59 Å². The van der Waals surface area contributed by atoms with E-state index in [1.807, 2.05) is 0 Å². The zero-order valence-corrected chi connectivity index (χ0v) is 14.8. The van der Waals surface area contributed by atoms with E-state index in [1.54, 1.807) is 24.3 Å². The molecule has 1 saturated carbocycles. The molecule has 5 heteroatoms. The normalized spacial score (nSPS) is 29.5. The van der Waals surface area contributed by atoms with Crippen molar-refractivity contribution in [1.82, 2.24) is 10.6 Å². The van der Waals surface area contributed by atoms with E-state index in [9.17, 15) is 9.59 Å². The molecule has 4 unspecified atom stereocenters. The van der Waals surface area contributed by atoms with Crippen molar-refractivity contribution in [1.29, 1.82) is 0 Å². The minimum Gasteiger partial charge on any atom is -0.353 e. The molecule has 1 heterocycles. The van der Waals surface area contributed by atoms with Crippen LogP contribution in [0.4, 0.5) is 0 Å². The van der Waals surface area contributed by atoms with E-state index in [2.05, 4.69) is 17.6 Å². The molecule has 0 spiro atoms. The van der Waals surface area contributed by atoms with Crippen molar-refractivity contribution >= 4 is 23.4 Å². The van der Waals surface area contributed by atoms with Crippen LogP contribution in [0.2, 0.25) is 5.02 Å². The SMILES string of the molecule is CC1CCC2CC(CCNC(=O)c3ccccc3Cl)C(=O)NC2C1. The first-order valence-corrected chi connectivity index (χ1v) is 9.25. The van der Waals surface area contributed by atoms with Crippen LogP contribution in [0.1, 0.15) is 49.4 Å². The van der Waals surface area contributed by atoms with Crippen LogP contribution in [-0.4, -0.2) is 24.4 Å². The van der Waals surface area contributed by atoms with Gasteiger partial charge >= 0.3 is 0 Å². The van der Waals surface area contributed by atoms with Crippen LogP contribution in [0, 0.1) is 17.8 Å². The van der Waals surface area contributed by atoms with Gasteiger partial charge in [0.05, 0.1) is 10.6 Å². The number of hydrogen-bond donors (Lipinski definition) is 2. The minimum atomic E-state index is -0.179. The molecule has 0 aromatic heterocycles. The average molecular weight is 349 g/mol. The molecule has 2 N–H and O–H groups in total. The van der Waals surface area contributed by atoms with Gasteiger partial charge in [0, 0.05) is 18.5 Å². The highest BCUT2D eigenvalue weighted by Gasteiger charge is 2.38. The van der Waals surface area contributed by atoms with Crippen LogP contribution in [0.3, 0.4) is 0 Å². The monoisotopic (exact) mass is 348 g/mol.